The fraction of sp³-hybridized carbons (Fsp3) is 0.571. The number of fused-ring (bicyclic) bond motifs is 1. The van der Waals surface area contributed by atoms with Crippen molar-refractivity contribution in [2.75, 3.05) is 13.6 Å². The molecule has 0 radical (unpaired) electrons. The van der Waals surface area contributed by atoms with E-state index in [0.717, 1.165) is 29.7 Å². The molecule has 0 unspecified atom stereocenters. The number of ketones is 2. The van der Waals surface area contributed by atoms with E-state index in [9.17, 15) is 33.9 Å². The fourth-order valence-electron chi connectivity index (χ4n) is 5.60. The van der Waals surface area contributed by atoms with Gasteiger partial charge in [-0.15, -0.1) is 0 Å². The molecule has 2 saturated heterocycles. The lowest BCUT2D eigenvalue weighted by Crippen LogP contribution is -2.57. The molecule has 1 aromatic carbocycles. The highest BCUT2D eigenvalue weighted by Crippen LogP contribution is 2.31. The predicted molar refractivity (Wildman–Crippen MR) is 142 cm³/mol. The Labute approximate surface area is 228 Å². The van der Waals surface area contributed by atoms with Crippen molar-refractivity contribution in [2.24, 2.45) is 0 Å². The third-order valence-electron chi connectivity index (χ3n) is 7.73. The van der Waals surface area contributed by atoms with Gasteiger partial charge in [0.1, 0.15) is 35.9 Å². The van der Waals surface area contributed by atoms with Crippen LogP contribution in [0.25, 0.3) is 0 Å². The number of hydrogen-bond donors (Lipinski definition) is 3. The average Bonchev–Trinajstić information content (AvgIpc) is 3.30. The summed E-state index contributed by atoms with van der Waals surface area (Å²) in [6, 6.07) is 4.74. The number of nitrogens with zero attached hydrogens (tertiary/aromatic N) is 2. The second kappa shape index (κ2) is 13.5. The van der Waals surface area contributed by atoms with Crippen LogP contribution < -0.4 is 10.6 Å². The summed E-state index contributed by atoms with van der Waals surface area (Å²) in [6.45, 7) is 2.94. The highest BCUT2D eigenvalue weighted by Gasteiger charge is 2.43. The van der Waals surface area contributed by atoms with Crippen LogP contribution in [0.1, 0.15) is 69.4 Å². The SMILES string of the molecule is CC(=O)C(C(C)=O)c1cccc(CNC(=O)[C@@H]2CC[C@@H]3CCCC[C@H](NC[C@@H](C=O)N(C)C(=O)O)C(=O)N32)c1. The Kier molecular flexibility index (Phi) is 10.3. The quantitative estimate of drug-likeness (QED) is 0.282. The monoisotopic (exact) mass is 542 g/mol. The van der Waals surface area contributed by atoms with Gasteiger partial charge in [-0.2, -0.15) is 0 Å². The van der Waals surface area contributed by atoms with Gasteiger partial charge in [-0.1, -0.05) is 37.1 Å². The van der Waals surface area contributed by atoms with Crippen molar-refractivity contribution >= 4 is 35.8 Å². The molecule has 0 spiro atoms. The number of benzene rings is 1. The number of hydrogen-bond acceptors (Lipinski definition) is 7. The van der Waals surface area contributed by atoms with Gasteiger partial charge in [-0.25, -0.2) is 4.79 Å². The summed E-state index contributed by atoms with van der Waals surface area (Å²) in [4.78, 5) is 76.1. The van der Waals surface area contributed by atoms with Crippen LogP contribution in [0, 0.1) is 0 Å². The number of nitrogens with one attached hydrogen (secondary N) is 2. The van der Waals surface area contributed by atoms with Crippen LogP contribution in [0.3, 0.4) is 0 Å². The molecule has 0 aliphatic carbocycles. The van der Waals surface area contributed by atoms with Gasteiger partial charge in [-0.3, -0.25) is 19.2 Å². The molecule has 39 heavy (non-hydrogen) atoms. The molecular formula is C28H38N4O7. The van der Waals surface area contributed by atoms with Crippen molar-refractivity contribution < 1.29 is 33.9 Å². The maximum Gasteiger partial charge on any atom is 0.407 e. The van der Waals surface area contributed by atoms with Crippen LogP contribution in [0.5, 0.6) is 0 Å². The third-order valence-corrected chi connectivity index (χ3v) is 7.73. The normalized spacial score (nSPS) is 21.9. The lowest BCUT2D eigenvalue weighted by atomic mass is 9.91. The summed E-state index contributed by atoms with van der Waals surface area (Å²) in [5.74, 6) is -1.81. The minimum absolute atomic E-state index is 0.00403. The first-order valence-corrected chi connectivity index (χ1v) is 13.4. The Morgan fingerprint density at radius 2 is 1.79 bits per heavy atom. The lowest BCUT2D eigenvalue weighted by Gasteiger charge is -2.35. The number of carbonyl (C=O) groups is 6. The molecule has 0 aromatic heterocycles. The van der Waals surface area contributed by atoms with Crippen LogP contribution >= 0.6 is 0 Å². The number of amides is 3. The maximum atomic E-state index is 13.6. The first kappa shape index (κ1) is 29.9. The van der Waals surface area contributed by atoms with Gasteiger partial charge in [0, 0.05) is 26.2 Å². The Morgan fingerprint density at radius 3 is 2.44 bits per heavy atom. The van der Waals surface area contributed by atoms with Crippen molar-refractivity contribution in [3.63, 3.8) is 0 Å². The summed E-state index contributed by atoms with van der Waals surface area (Å²) in [7, 11) is 1.30. The first-order chi connectivity index (χ1) is 18.5. The van der Waals surface area contributed by atoms with Crippen molar-refractivity contribution in [3.8, 4) is 0 Å². The van der Waals surface area contributed by atoms with Crippen molar-refractivity contribution in [1.29, 1.82) is 0 Å². The molecule has 3 N–H and O–H groups in total. The van der Waals surface area contributed by atoms with Crippen LogP contribution in [0.15, 0.2) is 24.3 Å². The molecule has 3 rings (SSSR count). The van der Waals surface area contributed by atoms with Crippen LogP contribution in [0.2, 0.25) is 0 Å². The number of likely N-dealkylation sites (N-methyl/N-ethyl adjacent to an activating group) is 1. The van der Waals surface area contributed by atoms with E-state index < -0.39 is 30.1 Å². The van der Waals surface area contributed by atoms with Gasteiger partial charge in [0.15, 0.2) is 0 Å². The third kappa shape index (κ3) is 7.29. The zero-order valence-corrected chi connectivity index (χ0v) is 22.7. The van der Waals surface area contributed by atoms with Crippen LogP contribution in [-0.2, 0) is 30.5 Å². The fourth-order valence-corrected chi connectivity index (χ4v) is 5.60. The Balaban J connectivity index is 1.69. The Morgan fingerprint density at radius 1 is 1.10 bits per heavy atom. The number of Topliss-reactive ketones (excluding diaryl/α,β-unsaturated/α-hetero) is 2. The smallest absolute Gasteiger partial charge is 0.407 e. The molecule has 2 heterocycles. The summed E-state index contributed by atoms with van der Waals surface area (Å²) in [6.07, 6.45) is 3.58. The van der Waals surface area contributed by atoms with E-state index in [2.05, 4.69) is 10.6 Å². The molecule has 0 saturated carbocycles. The summed E-state index contributed by atoms with van der Waals surface area (Å²) in [5.41, 5.74) is 1.32. The number of rotatable bonds is 11. The molecule has 11 nitrogen and oxygen atoms in total. The predicted octanol–water partition coefficient (Wildman–Crippen LogP) is 1.63. The highest BCUT2D eigenvalue weighted by atomic mass is 16.4. The molecule has 1 aromatic rings. The largest absolute Gasteiger partial charge is 0.465 e. The standard InChI is InChI=1S/C28H38N4O7/c1-17(34)25(18(2)35)20-8-6-7-19(13-20)14-30-26(36)24-12-11-21-9-4-5-10-23(27(37)32(21)24)29-15-22(16-33)31(3)28(38)39/h6-8,13,16,21-25,29H,4-5,9-12,14-15H2,1-3H3,(H,30,36)(H,38,39)/t21-,22-,23-,24-/m0/s1. The Bertz CT molecular complexity index is 1090. The van der Waals surface area contributed by atoms with Gasteiger partial charge < -0.3 is 30.3 Å². The minimum Gasteiger partial charge on any atom is -0.465 e. The van der Waals surface area contributed by atoms with Crippen LogP contribution in [-0.4, -0.2) is 88.4 Å². The van der Waals surface area contributed by atoms with Crippen LogP contribution in [0.4, 0.5) is 4.79 Å². The van der Waals surface area contributed by atoms with Crippen molar-refractivity contribution in [2.45, 2.75) is 89.0 Å². The number of carboxylic acid groups (broad SMARTS) is 1. The van der Waals surface area contributed by atoms with E-state index in [4.69, 9.17) is 0 Å². The van der Waals surface area contributed by atoms with E-state index in [-0.39, 0.29) is 42.5 Å². The summed E-state index contributed by atoms with van der Waals surface area (Å²) < 4.78 is 0. The van der Waals surface area contributed by atoms with Crippen molar-refractivity contribution in [1.82, 2.24) is 20.4 Å². The molecule has 0 bridgehead atoms. The highest BCUT2D eigenvalue weighted by molar-refractivity contribution is 6.05. The molecule has 212 valence electrons. The number of aldehydes is 1. The van der Waals surface area contributed by atoms with E-state index in [1.54, 1.807) is 29.2 Å². The topological polar surface area (TPSA) is 153 Å². The van der Waals surface area contributed by atoms with E-state index in [1.165, 1.54) is 20.9 Å². The first-order valence-electron chi connectivity index (χ1n) is 13.4. The zero-order chi connectivity index (χ0) is 28.7. The second-order valence-electron chi connectivity index (χ2n) is 10.5. The van der Waals surface area contributed by atoms with Gasteiger partial charge in [-0.05, 0) is 50.7 Å². The van der Waals surface area contributed by atoms with E-state index in [1.807, 2.05) is 0 Å². The van der Waals surface area contributed by atoms with Gasteiger partial charge >= 0.3 is 6.09 Å². The maximum absolute atomic E-state index is 13.6. The molecular weight excluding hydrogens is 504 g/mol. The Hall–Kier alpha value is -3.60. The van der Waals surface area contributed by atoms with E-state index in [0.29, 0.717) is 31.1 Å². The zero-order valence-electron chi connectivity index (χ0n) is 22.7. The molecule has 11 heteroatoms. The van der Waals surface area contributed by atoms with Gasteiger partial charge in [0.05, 0.1) is 6.04 Å². The summed E-state index contributed by atoms with van der Waals surface area (Å²) >= 11 is 0. The molecule has 4 atom stereocenters. The van der Waals surface area contributed by atoms with Gasteiger partial charge in [0.25, 0.3) is 0 Å². The minimum atomic E-state index is -1.24. The van der Waals surface area contributed by atoms with E-state index >= 15 is 0 Å². The molecule has 2 aliphatic heterocycles. The van der Waals surface area contributed by atoms with Crippen molar-refractivity contribution in [3.05, 3.63) is 35.4 Å². The summed E-state index contributed by atoms with van der Waals surface area (Å²) in [5, 5.41) is 15.2. The average molecular weight is 543 g/mol. The molecule has 2 aliphatic rings. The molecule has 2 fully saturated rings. The number of carbonyl (C=O) groups excluding carboxylic acids is 5. The molecule has 3 amide bonds. The lowest BCUT2D eigenvalue weighted by molar-refractivity contribution is -0.143. The van der Waals surface area contributed by atoms with Gasteiger partial charge in [0.2, 0.25) is 11.8 Å². The second-order valence-corrected chi connectivity index (χ2v) is 10.5.